The Balaban J connectivity index is 2.26. The van der Waals surface area contributed by atoms with Gasteiger partial charge in [0.1, 0.15) is 5.75 Å². The zero-order chi connectivity index (χ0) is 13.8. The lowest BCUT2D eigenvalue weighted by atomic mass is 10.2. The van der Waals surface area contributed by atoms with E-state index in [4.69, 9.17) is 10.5 Å². The molecule has 0 atom stereocenters. The van der Waals surface area contributed by atoms with E-state index in [0.717, 1.165) is 3.57 Å². The number of carbonyl (C=O) groups is 1. The number of ether oxygens (including phenoxy) is 1. The lowest BCUT2D eigenvalue weighted by molar-refractivity contribution is 0.102. The number of methoxy groups -OCH3 is 1. The van der Waals surface area contributed by atoms with Gasteiger partial charge in [-0.2, -0.15) is 0 Å². The van der Waals surface area contributed by atoms with Gasteiger partial charge in [0.15, 0.2) is 0 Å². The van der Waals surface area contributed by atoms with Crippen molar-refractivity contribution in [2.75, 3.05) is 18.2 Å². The van der Waals surface area contributed by atoms with Crippen LogP contribution in [0.1, 0.15) is 10.4 Å². The summed E-state index contributed by atoms with van der Waals surface area (Å²) in [5.41, 5.74) is 7.44. The third-order valence-electron chi connectivity index (χ3n) is 2.56. The number of amides is 1. The highest BCUT2D eigenvalue weighted by Crippen LogP contribution is 2.27. The summed E-state index contributed by atoms with van der Waals surface area (Å²) in [5, 5.41) is 2.80. The van der Waals surface area contributed by atoms with Gasteiger partial charge in [-0.25, -0.2) is 0 Å². The monoisotopic (exact) mass is 368 g/mol. The fourth-order valence-electron chi connectivity index (χ4n) is 1.65. The molecule has 0 heterocycles. The maximum atomic E-state index is 12.1. The number of nitrogen functional groups attached to an aromatic ring is 1. The number of halogens is 1. The zero-order valence-corrected chi connectivity index (χ0v) is 12.5. The predicted molar refractivity (Wildman–Crippen MR) is 84.5 cm³/mol. The highest BCUT2D eigenvalue weighted by Gasteiger charge is 2.10. The molecule has 5 heteroatoms. The first kappa shape index (κ1) is 13.7. The van der Waals surface area contributed by atoms with Crippen molar-refractivity contribution in [2.24, 2.45) is 0 Å². The van der Waals surface area contributed by atoms with Crippen LogP contribution in [0.5, 0.6) is 5.75 Å². The van der Waals surface area contributed by atoms with E-state index in [9.17, 15) is 4.79 Å². The van der Waals surface area contributed by atoms with E-state index >= 15 is 0 Å². The van der Waals surface area contributed by atoms with E-state index in [1.807, 2.05) is 18.2 Å². The van der Waals surface area contributed by atoms with E-state index in [1.54, 1.807) is 31.4 Å². The quantitative estimate of drug-likeness (QED) is 0.646. The fraction of sp³-hybridized carbons (Fsp3) is 0.0714. The second-order valence-corrected chi connectivity index (χ2v) is 5.17. The van der Waals surface area contributed by atoms with E-state index in [1.165, 1.54) is 0 Å². The molecular weight excluding hydrogens is 355 g/mol. The molecule has 0 unspecified atom stereocenters. The van der Waals surface area contributed by atoms with E-state index in [-0.39, 0.29) is 5.91 Å². The molecule has 0 aromatic heterocycles. The maximum absolute atomic E-state index is 12.1. The Labute approximate surface area is 125 Å². The summed E-state index contributed by atoms with van der Waals surface area (Å²) < 4.78 is 6.19. The number of nitrogens with two attached hydrogens (primary N) is 1. The van der Waals surface area contributed by atoms with Crippen molar-refractivity contribution in [2.45, 2.75) is 0 Å². The Morgan fingerprint density at radius 2 is 2.05 bits per heavy atom. The Kier molecular flexibility index (Phi) is 4.26. The van der Waals surface area contributed by atoms with E-state index in [2.05, 4.69) is 27.9 Å². The van der Waals surface area contributed by atoms with Gasteiger partial charge in [-0.3, -0.25) is 4.79 Å². The van der Waals surface area contributed by atoms with Crippen LogP contribution in [0.4, 0.5) is 11.4 Å². The highest BCUT2D eigenvalue weighted by atomic mass is 127. The standard InChI is InChI=1S/C14H13IN2O2/c1-19-13-6-5-11(16)8-12(13)17-14(18)9-3-2-4-10(15)7-9/h2-8H,16H2,1H3,(H,17,18). The lowest BCUT2D eigenvalue weighted by Crippen LogP contribution is -2.13. The number of carbonyl (C=O) groups excluding carboxylic acids is 1. The lowest BCUT2D eigenvalue weighted by Gasteiger charge is -2.11. The zero-order valence-electron chi connectivity index (χ0n) is 10.3. The molecule has 0 saturated heterocycles. The third kappa shape index (κ3) is 3.37. The van der Waals surface area contributed by atoms with Crippen LogP contribution in [0.15, 0.2) is 42.5 Å². The second-order valence-electron chi connectivity index (χ2n) is 3.92. The first-order valence-electron chi connectivity index (χ1n) is 5.60. The molecule has 0 spiro atoms. The summed E-state index contributed by atoms with van der Waals surface area (Å²) in [5.74, 6) is 0.385. The highest BCUT2D eigenvalue weighted by molar-refractivity contribution is 14.1. The molecule has 2 aromatic carbocycles. The van der Waals surface area contributed by atoms with Crippen LogP contribution in [0.25, 0.3) is 0 Å². The molecule has 2 aromatic rings. The third-order valence-corrected chi connectivity index (χ3v) is 3.23. The molecule has 0 aliphatic carbocycles. The van der Waals surface area contributed by atoms with Crippen LogP contribution in [-0.4, -0.2) is 13.0 Å². The number of nitrogens with one attached hydrogen (secondary N) is 1. The molecule has 0 aliphatic rings. The molecule has 0 radical (unpaired) electrons. The largest absolute Gasteiger partial charge is 0.495 e. The van der Waals surface area contributed by atoms with Crippen molar-refractivity contribution in [3.05, 3.63) is 51.6 Å². The molecule has 3 N–H and O–H groups in total. The van der Waals surface area contributed by atoms with Crippen molar-refractivity contribution in [1.82, 2.24) is 0 Å². The van der Waals surface area contributed by atoms with Crippen LogP contribution in [0, 0.1) is 3.57 Å². The number of rotatable bonds is 3. The molecule has 4 nitrogen and oxygen atoms in total. The van der Waals surface area contributed by atoms with Gasteiger partial charge in [0.2, 0.25) is 0 Å². The van der Waals surface area contributed by atoms with Crippen LogP contribution in [0.3, 0.4) is 0 Å². The van der Waals surface area contributed by atoms with Gasteiger partial charge < -0.3 is 15.8 Å². The molecular formula is C14H13IN2O2. The fourth-order valence-corrected chi connectivity index (χ4v) is 2.19. The molecule has 0 aliphatic heterocycles. The maximum Gasteiger partial charge on any atom is 0.255 e. The average Bonchev–Trinajstić information content (AvgIpc) is 2.39. The molecule has 0 fully saturated rings. The molecule has 2 rings (SSSR count). The Hall–Kier alpha value is -1.76. The predicted octanol–water partition coefficient (Wildman–Crippen LogP) is 3.13. The number of benzene rings is 2. The Morgan fingerprint density at radius 1 is 1.26 bits per heavy atom. The minimum atomic E-state index is -0.192. The minimum Gasteiger partial charge on any atom is -0.495 e. The van der Waals surface area contributed by atoms with E-state index in [0.29, 0.717) is 22.7 Å². The Bertz CT molecular complexity index is 614. The summed E-state index contributed by atoms with van der Waals surface area (Å²) in [6.45, 7) is 0. The van der Waals surface area contributed by atoms with Crippen molar-refractivity contribution >= 4 is 39.9 Å². The van der Waals surface area contributed by atoms with Crippen LogP contribution < -0.4 is 15.8 Å². The number of anilines is 2. The van der Waals surface area contributed by atoms with Crippen molar-refractivity contribution in [3.8, 4) is 5.75 Å². The van der Waals surface area contributed by atoms with Crippen molar-refractivity contribution in [3.63, 3.8) is 0 Å². The molecule has 1 amide bonds. The molecule has 19 heavy (non-hydrogen) atoms. The van der Waals surface area contributed by atoms with Crippen LogP contribution in [0.2, 0.25) is 0 Å². The van der Waals surface area contributed by atoms with Crippen LogP contribution in [-0.2, 0) is 0 Å². The molecule has 0 bridgehead atoms. The summed E-state index contributed by atoms with van der Waals surface area (Å²) in [6, 6.07) is 12.5. The Morgan fingerprint density at radius 3 is 2.74 bits per heavy atom. The number of hydrogen-bond donors (Lipinski definition) is 2. The van der Waals surface area contributed by atoms with Gasteiger partial charge >= 0.3 is 0 Å². The van der Waals surface area contributed by atoms with Crippen molar-refractivity contribution in [1.29, 1.82) is 0 Å². The first-order chi connectivity index (χ1) is 9.10. The first-order valence-corrected chi connectivity index (χ1v) is 6.68. The summed E-state index contributed by atoms with van der Waals surface area (Å²) in [6.07, 6.45) is 0. The van der Waals surface area contributed by atoms with Gasteiger partial charge in [0.05, 0.1) is 12.8 Å². The average molecular weight is 368 g/mol. The summed E-state index contributed by atoms with van der Waals surface area (Å²) in [4.78, 5) is 12.1. The van der Waals surface area contributed by atoms with E-state index < -0.39 is 0 Å². The summed E-state index contributed by atoms with van der Waals surface area (Å²) in [7, 11) is 1.55. The minimum absolute atomic E-state index is 0.192. The van der Waals surface area contributed by atoms with Gasteiger partial charge in [0, 0.05) is 14.8 Å². The topological polar surface area (TPSA) is 64.3 Å². The van der Waals surface area contributed by atoms with Crippen molar-refractivity contribution < 1.29 is 9.53 Å². The summed E-state index contributed by atoms with van der Waals surface area (Å²) >= 11 is 2.16. The van der Waals surface area contributed by atoms with Gasteiger partial charge in [-0.05, 0) is 59.0 Å². The van der Waals surface area contributed by atoms with Gasteiger partial charge in [0.25, 0.3) is 5.91 Å². The van der Waals surface area contributed by atoms with Gasteiger partial charge in [-0.1, -0.05) is 6.07 Å². The molecule has 0 saturated carbocycles. The van der Waals surface area contributed by atoms with Gasteiger partial charge in [-0.15, -0.1) is 0 Å². The molecule has 98 valence electrons. The normalized spacial score (nSPS) is 10.0. The van der Waals surface area contributed by atoms with Crippen LogP contribution >= 0.6 is 22.6 Å². The SMILES string of the molecule is COc1ccc(N)cc1NC(=O)c1cccc(I)c1. The number of hydrogen-bond acceptors (Lipinski definition) is 3. The second kappa shape index (κ2) is 5.92. The smallest absolute Gasteiger partial charge is 0.255 e.